The number of thioether (sulfide) groups is 1. The molecule has 0 aliphatic heterocycles. The molecule has 0 atom stereocenters. The molecule has 0 unspecified atom stereocenters. The summed E-state index contributed by atoms with van der Waals surface area (Å²) in [5, 5.41) is 15.6. The van der Waals surface area contributed by atoms with Crippen molar-refractivity contribution >= 4 is 58.2 Å². The Kier molecular flexibility index (Phi) is 6.43. The van der Waals surface area contributed by atoms with Crippen LogP contribution in [0.3, 0.4) is 0 Å². The first-order valence-electron chi connectivity index (χ1n) is 7.48. The Morgan fingerprint density at radius 1 is 1.19 bits per heavy atom. The quantitative estimate of drug-likeness (QED) is 0.449. The van der Waals surface area contributed by atoms with E-state index < -0.39 is 0 Å². The molecule has 0 bridgehead atoms. The molecular formula is C16H12Cl3N5O2S. The lowest BCUT2D eigenvalue weighted by Gasteiger charge is -2.10. The Balaban J connectivity index is 1.70. The summed E-state index contributed by atoms with van der Waals surface area (Å²) >= 11 is 19.1. The predicted molar refractivity (Wildman–Crippen MR) is 107 cm³/mol. The number of hydrogen-bond acceptors (Lipinski definition) is 6. The number of carbonyl (C=O) groups is 1. The van der Waals surface area contributed by atoms with Crippen molar-refractivity contribution in [3.05, 3.63) is 51.5 Å². The van der Waals surface area contributed by atoms with Crippen molar-refractivity contribution in [3.63, 3.8) is 0 Å². The molecule has 27 heavy (non-hydrogen) atoms. The van der Waals surface area contributed by atoms with Crippen molar-refractivity contribution in [1.29, 1.82) is 0 Å². The van der Waals surface area contributed by atoms with Gasteiger partial charge in [-0.25, -0.2) is 0 Å². The number of benzene rings is 2. The van der Waals surface area contributed by atoms with Crippen molar-refractivity contribution in [1.82, 2.24) is 20.2 Å². The topological polar surface area (TPSA) is 81.9 Å². The van der Waals surface area contributed by atoms with Crippen molar-refractivity contribution in [3.8, 4) is 11.4 Å². The lowest BCUT2D eigenvalue weighted by molar-refractivity contribution is -0.113. The summed E-state index contributed by atoms with van der Waals surface area (Å²) in [5.41, 5.74) is 1.04. The zero-order chi connectivity index (χ0) is 19.4. The first kappa shape index (κ1) is 19.8. The molecule has 11 heteroatoms. The van der Waals surface area contributed by atoms with Crippen LogP contribution in [-0.4, -0.2) is 39.0 Å². The van der Waals surface area contributed by atoms with Crippen molar-refractivity contribution in [2.24, 2.45) is 0 Å². The van der Waals surface area contributed by atoms with E-state index in [0.29, 0.717) is 37.3 Å². The molecule has 0 saturated carbocycles. The van der Waals surface area contributed by atoms with Crippen LogP contribution in [0.5, 0.6) is 5.75 Å². The summed E-state index contributed by atoms with van der Waals surface area (Å²) in [6.45, 7) is 0. The number of halogens is 3. The zero-order valence-electron chi connectivity index (χ0n) is 13.8. The maximum atomic E-state index is 12.3. The molecule has 1 N–H and O–H groups in total. The van der Waals surface area contributed by atoms with Gasteiger partial charge in [-0.2, -0.15) is 4.68 Å². The molecule has 1 amide bonds. The number of methoxy groups -OCH3 is 1. The molecule has 0 spiro atoms. The summed E-state index contributed by atoms with van der Waals surface area (Å²) in [5.74, 6) is 0.375. The van der Waals surface area contributed by atoms with Gasteiger partial charge in [0.1, 0.15) is 11.4 Å². The van der Waals surface area contributed by atoms with E-state index in [4.69, 9.17) is 39.5 Å². The van der Waals surface area contributed by atoms with Crippen LogP contribution in [0.15, 0.2) is 41.6 Å². The minimum absolute atomic E-state index is 0.0616. The van der Waals surface area contributed by atoms with E-state index in [0.717, 1.165) is 0 Å². The van der Waals surface area contributed by atoms with Crippen molar-refractivity contribution in [2.45, 2.75) is 5.16 Å². The minimum Gasteiger partial charge on any atom is -0.494 e. The van der Waals surface area contributed by atoms with Gasteiger partial charge in [-0.1, -0.05) is 58.7 Å². The fourth-order valence-electron chi connectivity index (χ4n) is 2.16. The predicted octanol–water partition coefficient (Wildman–Crippen LogP) is 4.36. The second-order valence-electron chi connectivity index (χ2n) is 5.13. The Labute approximate surface area is 173 Å². The van der Waals surface area contributed by atoms with Gasteiger partial charge in [0.05, 0.1) is 33.6 Å². The van der Waals surface area contributed by atoms with Crippen LogP contribution in [0, 0.1) is 0 Å². The number of aromatic nitrogens is 4. The summed E-state index contributed by atoms with van der Waals surface area (Å²) in [4.78, 5) is 12.3. The van der Waals surface area contributed by atoms with Gasteiger partial charge >= 0.3 is 0 Å². The molecular weight excluding hydrogens is 433 g/mol. The molecule has 3 aromatic rings. The Morgan fingerprint density at radius 3 is 2.70 bits per heavy atom. The van der Waals surface area contributed by atoms with E-state index >= 15 is 0 Å². The first-order valence-corrected chi connectivity index (χ1v) is 9.60. The summed E-state index contributed by atoms with van der Waals surface area (Å²) < 4.78 is 6.82. The SMILES string of the molecule is COc1ccccc1-n1nnnc1SCC(=O)Nc1cc(Cl)c(Cl)cc1Cl. The van der Waals surface area contributed by atoms with E-state index in [1.54, 1.807) is 13.2 Å². The number of carbonyl (C=O) groups excluding carboxylic acids is 1. The standard InChI is InChI=1S/C16H12Cl3N5O2S/c1-26-14-5-3-2-4-13(14)24-16(21-22-23-24)27-8-15(25)20-12-7-10(18)9(17)6-11(12)19/h2-7H,8H2,1H3,(H,20,25). The largest absolute Gasteiger partial charge is 0.494 e. The third-order valence-corrected chi connectivity index (χ3v) is 5.32. The summed E-state index contributed by atoms with van der Waals surface area (Å²) in [6.07, 6.45) is 0. The number of nitrogens with one attached hydrogen (secondary N) is 1. The maximum absolute atomic E-state index is 12.3. The van der Waals surface area contributed by atoms with Crippen LogP contribution in [0.25, 0.3) is 5.69 Å². The average molecular weight is 445 g/mol. The molecule has 7 nitrogen and oxygen atoms in total. The number of hydrogen-bond donors (Lipinski definition) is 1. The van der Waals surface area contributed by atoms with Crippen LogP contribution < -0.4 is 10.1 Å². The highest BCUT2D eigenvalue weighted by atomic mass is 35.5. The number of para-hydroxylation sites is 2. The minimum atomic E-state index is -0.296. The number of ether oxygens (including phenoxy) is 1. The monoisotopic (exact) mass is 443 g/mol. The normalized spacial score (nSPS) is 10.7. The van der Waals surface area contributed by atoms with Gasteiger partial charge in [-0.3, -0.25) is 4.79 Å². The molecule has 0 aliphatic rings. The third kappa shape index (κ3) is 4.65. The Morgan fingerprint density at radius 2 is 1.93 bits per heavy atom. The molecule has 1 aromatic heterocycles. The number of anilines is 1. The van der Waals surface area contributed by atoms with Gasteiger partial charge in [0.15, 0.2) is 0 Å². The fraction of sp³-hybridized carbons (Fsp3) is 0.125. The van der Waals surface area contributed by atoms with Crippen LogP contribution in [0.2, 0.25) is 15.1 Å². The third-order valence-electron chi connectivity index (χ3n) is 3.37. The molecule has 0 aliphatic carbocycles. The molecule has 0 saturated heterocycles. The molecule has 0 fully saturated rings. The average Bonchev–Trinajstić information content (AvgIpc) is 3.12. The molecule has 140 valence electrons. The van der Waals surface area contributed by atoms with Crippen molar-refractivity contribution in [2.75, 3.05) is 18.2 Å². The smallest absolute Gasteiger partial charge is 0.234 e. The molecule has 0 radical (unpaired) electrons. The highest BCUT2D eigenvalue weighted by molar-refractivity contribution is 7.99. The van der Waals surface area contributed by atoms with Crippen LogP contribution >= 0.6 is 46.6 Å². The number of amides is 1. The summed E-state index contributed by atoms with van der Waals surface area (Å²) in [7, 11) is 1.56. The highest BCUT2D eigenvalue weighted by Gasteiger charge is 2.15. The van der Waals surface area contributed by atoms with E-state index in [1.807, 2.05) is 18.2 Å². The van der Waals surface area contributed by atoms with Gasteiger partial charge in [0.2, 0.25) is 11.1 Å². The zero-order valence-corrected chi connectivity index (χ0v) is 16.9. The van der Waals surface area contributed by atoms with E-state index in [1.165, 1.54) is 28.6 Å². The molecule has 2 aromatic carbocycles. The molecule has 3 rings (SSSR count). The van der Waals surface area contributed by atoms with Crippen LogP contribution in [-0.2, 0) is 4.79 Å². The maximum Gasteiger partial charge on any atom is 0.234 e. The van der Waals surface area contributed by atoms with E-state index in [9.17, 15) is 4.79 Å². The van der Waals surface area contributed by atoms with Gasteiger partial charge in [0, 0.05) is 0 Å². The highest BCUT2D eigenvalue weighted by Crippen LogP contribution is 2.32. The van der Waals surface area contributed by atoms with Crippen molar-refractivity contribution < 1.29 is 9.53 Å². The number of tetrazole rings is 1. The first-order chi connectivity index (χ1) is 13.0. The number of nitrogens with zero attached hydrogens (tertiary/aromatic N) is 4. The van der Waals surface area contributed by atoms with E-state index in [2.05, 4.69) is 20.8 Å². The van der Waals surface area contributed by atoms with Gasteiger partial charge in [0.25, 0.3) is 0 Å². The van der Waals surface area contributed by atoms with Gasteiger partial charge in [-0.15, -0.1) is 5.10 Å². The second kappa shape index (κ2) is 8.79. The molecule has 1 heterocycles. The van der Waals surface area contributed by atoms with Crippen LogP contribution in [0.1, 0.15) is 0 Å². The Bertz CT molecular complexity index is 982. The van der Waals surface area contributed by atoms with E-state index in [-0.39, 0.29) is 11.7 Å². The van der Waals surface area contributed by atoms with Gasteiger partial charge < -0.3 is 10.1 Å². The lowest BCUT2D eigenvalue weighted by atomic mass is 10.3. The lowest BCUT2D eigenvalue weighted by Crippen LogP contribution is -2.15. The fourth-order valence-corrected chi connectivity index (χ4v) is 3.44. The number of rotatable bonds is 6. The Hall–Kier alpha value is -2.00. The van der Waals surface area contributed by atoms with Gasteiger partial charge in [-0.05, 0) is 34.7 Å². The van der Waals surface area contributed by atoms with Crippen LogP contribution in [0.4, 0.5) is 5.69 Å². The second-order valence-corrected chi connectivity index (χ2v) is 7.29. The summed E-state index contributed by atoms with van der Waals surface area (Å²) in [6, 6.07) is 10.3.